The number of hydrogen-bond donors (Lipinski definition) is 1. The Morgan fingerprint density at radius 2 is 1.85 bits per heavy atom. The molecule has 1 saturated heterocycles. The van der Waals surface area contributed by atoms with Gasteiger partial charge in [0, 0.05) is 36.0 Å². The number of nitrogens with zero attached hydrogens (tertiary/aromatic N) is 3. The molecular formula is C27H33ClN4O. The Kier molecular flexibility index (Phi) is 6.70. The minimum absolute atomic E-state index is 0.504. The molecule has 0 amide bonds. The van der Waals surface area contributed by atoms with Gasteiger partial charge in [-0.05, 0) is 73.9 Å². The second kappa shape index (κ2) is 9.86. The van der Waals surface area contributed by atoms with Crippen molar-refractivity contribution in [1.82, 2.24) is 15.3 Å². The minimum atomic E-state index is 0.504. The summed E-state index contributed by atoms with van der Waals surface area (Å²) in [6.07, 6.45) is 5.65. The predicted octanol–water partition coefficient (Wildman–Crippen LogP) is 6.05. The van der Waals surface area contributed by atoms with Crippen molar-refractivity contribution in [1.29, 1.82) is 0 Å². The molecule has 5 nitrogen and oxygen atoms in total. The smallest absolute Gasteiger partial charge is 0.140 e. The first-order valence-electron chi connectivity index (χ1n) is 12.3. The second-order valence-electron chi connectivity index (χ2n) is 9.32. The monoisotopic (exact) mass is 464 g/mol. The van der Waals surface area contributed by atoms with E-state index in [0.29, 0.717) is 11.8 Å². The average Bonchev–Trinajstić information content (AvgIpc) is 3.70. The van der Waals surface area contributed by atoms with Gasteiger partial charge in [0.05, 0.1) is 12.6 Å². The molecule has 5 rings (SSSR count). The molecule has 0 unspecified atom stereocenters. The highest BCUT2D eigenvalue weighted by atomic mass is 35.5. The standard InChI is InChI=1S/C27H33ClN4O/c1-3-12-29-17-20-15-22-24(16-23(20)28)30-26(19-8-9-19)31-27(22)32-13-10-18(11-14-32)21-6-4-5-7-25(21)33-2/h4-7,15-16,18-19,29H,3,8-14,17H2,1-2H3. The zero-order valence-corrected chi connectivity index (χ0v) is 20.4. The van der Waals surface area contributed by atoms with Gasteiger partial charge in [0.1, 0.15) is 17.4 Å². The third-order valence-corrected chi connectivity index (χ3v) is 7.27. The van der Waals surface area contributed by atoms with Crippen molar-refractivity contribution in [2.24, 2.45) is 0 Å². The van der Waals surface area contributed by atoms with Gasteiger partial charge < -0.3 is 15.0 Å². The first-order valence-corrected chi connectivity index (χ1v) is 12.6. The molecule has 33 heavy (non-hydrogen) atoms. The van der Waals surface area contributed by atoms with Crippen LogP contribution in [0.5, 0.6) is 5.75 Å². The van der Waals surface area contributed by atoms with Gasteiger partial charge in [0.15, 0.2) is 0 Å². The summed E-state index contributed by atoms with van der Waals surface area (Å²) in [6, 6.07) is 12.7. The number of aromatic nitrogens is 2. The molecule has 2 fully saturated rings. The van der Waals surface area contributed by atoms with Crippen LogP contribution in [-0.4, -0.2) is 36.7 Å². The number of benzene rings is 2. The summed E-state index contributed by atoms with van der Waals surface area (Å²) >= 11 is 6.66. The second-order valence-corrected chi connectivity index (χ2v) is 9.73. The maximum atomic E-state index is 6.66. The van der Waals surface area contributed by atoms with Crippen LogP contribution in [0.15, 0.2) is 36.4 Å². The first-order chi connectivity index (χ1) is 16.2. The summed E-state index contributed by atoms with van der Waals surface area (Å²) < 4.78 is 5.63. The predicted molar refractivity (Wildman–Crippen MR) is 136 cm³/mol. The fourth-order valence-electron chi connectivity index (χ4n) is 4.90. The fourth-order valence-corrected chi connectivity index (χ4v) is 5.13. The van der Waals surface area contributed by atoms with Gasteiger partial charge in [-0.2, -0.15) is 0 Å². The summed E-state index contributed by atoms with van der Waals surface area (Å²) in [5, 5.41) is 5.38. The van der Waals surface area contributed by atoms with Crippen LogP contribution in [0, 0.1) is 0 Å². The Bertz CT molecular complexity index is 1120. The van der Waals surface area contributed by atoms with Crippen LogP contribution in [0.4, 0.5) is 5.82 Å². The summed E-state index contributed by atoms with van der Waals surface area (Å²) in [5.74, 6) is 4.07. The summed E-state index contributed by atoms with van der Waals surface area (Å²) in [6.45, 7) is 5.88. The Balaban J connectivity index is 1.44. The summed E-state index contributed by atoms with van der Waals surface area (Å²) in [7, 11) is 1.76. The molecular weight excluding hydrogens is 432 g/mol. The molecule has 1 aliphatic heterocycles. The van der Waals surface area contributed by atoms with E-state index in [1.54, 1.807) is 7.11 Å². The normalized spacial score (nSPS) is 17.0. The van der Waals surface area contributed by atoms with Crippen molar-refractivity contribution < 1.29 is 4.74 Å². The van der Waals surface area contributed by atoms with E-state index in [1.807, 2.05) is 12.1 Å². The molecule has 0 bridgehead atoms. The Morgan fingerprint density at radius 1 is 1.06 bits per heavy atom. The molecule has 1 aromatic heterocycles. The summed E-state index contributed by atoms with van der Waals surface area (Å²) in [5.41, 5.74) is 3.41. The van der Waals surface area contributed by atoms with Crippen molar-refractivity contribution in [2.75, 3.05) is 31.6 Å². The largest absolute Gasteiger partial charge is 0.496 e. The molecule has 2 heterocycles. The van der Waals surface area contributed by atoms with Crippen LogP contribution in [-0.2, 0) is 6.54 Å². The molecule has 3 aromatic rings. The van der Waals surface area contributed by atoms with Crippen LogP contribution in [0.1, 0.15) is 67.8 Å². The molecule has 6 heteroatoms. The van der Waals surface area contributed by atoms with E-state index in [9.17, 15) is 0 Å². The lowest BCUT2D eigenvalue weighted by Gasteiger charge is -2.34. The molecule has 1 aliphatic carbocycles. The molecule has 174 valence electrons. The van der Waals surface area contributed by atoms with Crippen molar-refractivity contribution in [3.63, 3.8) is 0 Å². The van der Waals surface area contributed by atoms with Crippen LogP contribution < -0.4 is 15.0 Å². The lowest BCUT2D eigenvalue weighted by molar-refractivity contribution is 0.397. The van der Waals surface area contributed by atoms with E-state index in [2.05, 4.69) is 41.4 Å². The lowest BCUT2D eigenvalue weighted by atomic mass is 9.88. The topological polar surface area (TPSA) is 50.3 Å². The molecule has 0 spiro atoms. The highest BCUT2D eigenvalue weighted by molar-refractivity contribution is 6.32. The van der Waals surface area contributed by atoms with Gasteiger partial charge in [-0.1, -0.05) is 36.7 Å². The van der Waals surface area contributed by atoms with Crippen molar-refractivity contribution in [2.45, 2.75) is 57.4 Å². The molecule has 2 aromatic carbocycles. The van der Waals surface area contributed by atoms with Crippen LogP contribution >= 0.6 is 11.6 Å². The van der Waals surface area contributed by atoms with Crippen molar-refractivity contribution in [3.8, 4) is 5.75 Å². The fraction of sp³-hybridized carbons (Fsp3) is 0.481. The number of rotatable bonds is 8. The van der Waals surface area contributed by atoms with Gasteiger partial charge in [-0.15, -0.1) is 0 Å². The van der Waals surface area contributed by atoms with Gasteiger partial charge in [-0.25, -0.2) is 9.97 Å². The molecule has 1 N–H and O–H groups in total. The van der Waals surface area contributed by atoms with Gasteiger partial charge in [-0.3, -0.25) is 0 Å². The lowest BCUT2D eigenvalue weighted by Crippen LogP contribution is -2.34. The number of fused-ring (bicyclic) bond motifs is 1. The average molecular weight is 465 g/mol. The van der Waals surface area contributed by atoms with E-state index >= 15 is 0 Å². The Hall–Kier alpha value is -2.37. The quantitative estimate of drug-likeness (QED) is 0.411. The number of anilines is 1. The van der Waals surface area contributed by atoms with Crippen molar-refractivity contribution in [3.05, 3.63) is 58.4 Å². The SMILES string of the molecule is CCCNCc1cc2c(N3CCC(c4ccccc4OC)CC3)nc(C3CC3)nc2cc1Cl. The maximum Gasteiger partial charge on any atom is 0.140 e. The highest BCUT2D eigenvalue weighted by Crippen LogP contribution is 2.42. The van der Waals surface area contributed by atoms with Gasteiger partial charge in [0.25, 0.3) is 0 Å². The van der Waals surface area contributed by atoms with Gasteiger partial charge >= 0.3 is 0 Å². The van der Waals surface area contributed by atoms with Crippen molar-refractivity contribution >= 4 is 28.3 Å². The Labute approximate surface area is 201 Å². The number of halogens is 1. The van der Waals surface area contributed by atoms with E-state index in [1.165, 1.54) is 18.4 Å². The zero-order valence-electron chi connectivity index (χ0n) is 19.6. The third-order valence-electron chi connectivity index (χ3n) is 6.92. The van der Waals surface area contributed by atoms with Crippen LogP contribution in [0.2, 0.25) is 5.02 Å². The van der Waals surface area contributed by atoms with Crippen LogP contribution in [0.3, 0.4) is 0 Å². The molecule has 2 aliphatic rings. The molecule has 0 atom stereocenters. The molecule has 0 radical (unpaired) electrons. The van der Waals surface area contributed by atoms with Crippen LogP contribution in [0.25, 0.3) is 10.9 Å². The van der Waals surface area contributed by atoms with E-state index in [0.717, 1.165) is 84.3 Å². The number of methoxy groups -OCH3 is 1. The van der Waals surface area contributed by atoms with E-state index < -0.39 is 0 Å². The zero-order chi connectivity index (χ0) is 22.8. The van der Waals surface area contributed by atoms with Gasteiger partial charge in [0.2, 0.25) is 0 Å². The third kappa shape index (κ3) is 4.80. The number of hydrogen-bond acceptors (Lipinski definition) is 5. The number of nitrogens with one attached hydrogen (secondary N) is 1. The maximum absolute atomic E-state index is 6.66. The Morgan fingerprint density at radius 3 is 2.58 bits per heavy atom. The first kappa shape index (κ1) is 22.4. The minimum Gasteiger partial charge on any atom is -0.496 e. The number of piperidine rings is 1. The highest BCUT2D eigenvalue weighted by Gasteiger charge is 2.30. The molecule has 1 saturated carbocycles. The number of para-hydroxylation sites is 1. The number of ether oxygens (including phenoxy) is 1. The van der Waals surface area contributed by atoms with E-state index in [-0.39, 0.29) is 0 Å². The summed E-state index contributed by atoms with van der Waals surface area (Å²) in [4.78, 5) is 12.5. The van der Waals surface area contributed by atoms with E-state index in [4.69, 9.17) is 26.3 Å².